The van der Waals surface area contributed by atoms with Gasteiger partial charge in [0.25, 0.3) is 0 Å². The van der Waals surface area contributed by atoms with Crippen LogP contribution in [-0.4, -0.2) is 66.8 Å². The summed E-state index contributed by atoms with van der Waals surface area (Å²) in [5.41, 5.74) is -3.09. The van der Waals surface area contributed by atoms with Crippen molar-refractivity contribution < 1.29 is 46.4 Å². The quantitative estimate of drug-likeness (QED) is 0.0815. The normalized spacial score (nSPS) is 31.2. The molecule has 0 spiro atoms. The Kier molecular flexibility index (Phi) is 11.7. The lowest BCUT2D eigenvalue weighted by atomic mass is 9.49. The Labute approximate surface area is 297 Å². The Morgan fingerprint density at radius 2 is 1.56 bits per heavy atom. The predicted octanol–water partition coefficient (Wildman–Crippen LogP) is 9.70. The minimum Gasteiger partial charge on any atom is -0.413 e. The highest BCUT2D eigenvalue weighted by Gasteiger charge is 2.79. The average Bonchev–Trinajstić information content (AvgIpc) is 3.30. The third-order valence-electron chi connectivity index (χ3n) is 13.1. The second-order valence-electron chi connectivity index (χ2n) is 18.0. The molecular formula is C39H61F5O5Si. The molecule has 50 heavy (non-hydrogen) atoms. The maximum atomic E-state index is 15.4. The molecule has 0 aromatic heterocycles. The molecular weight excluding hydrogens is 672 g/mol. The Morgan fingerprint density at radius 3 is 2.10 bits per heavy atom. The minimum atomic E-state index is -5.90. The molecule has 0 heterocycles. The van der Waals surface area contributed by atoms with Crippen LogP contribution in [0.3, 0.4) is 0 Å². The number of aliphatic hydroxyl groups excluding tert-OH is 1. The maximum absolute atomic E-state index is 15.4. The molecule has 0 amide bonds. The Hall–Kier alpha value is -1.37. The van der Waals surface area contributed by atoms with Crippen molar-refractivity contribution in [3.05, 3.63) is 46.5 Å². The van der Waals surface area contributed by atoms with E-state index < -0.39 is 60.7 Å². The van der Waals surface area contributed by atoms with Gasteiger partial charge in [-0.1, -0.05) is 78.3 Å². The van der Waals surface area contributed by atoms with E-state index in [4.69, 9.17) is 9.16 Å². The van der Waals surface area contributed by atoms with Crippen LogP contribution in [0.25, 0.3) is 0 Å². The zero-order valence-electron chi connectivity index (χ0n) is 31.6. The summed E-state index contributed by atoms with van der Waals surface area (Å²) in [6.07, 6.45) is -4.32. The first-order valence-electron chi connectivity index (χ1n) is 18.3. The molecule has 4 unspecified atom stereocenters. The van der Waals surface area contributed by atoms with Crippen LogP contribution < -0.4 is 0 Å². The predicted molar refractivity (Wildman–Crippen MR) is 188 cm³/mol. The van der Waals surface area contributed by atoms with Crippen LogP contribution in [-0.2, 0) is 15.8 Å². The van der Waals surface area contributed by atoms with Crippen molar-refractivity contribution in [3.63, 3.8) is 0 Å². The molecule has 4 rings (SSSR count). The van der Waals surface area contributed by atoms with E-state index in [0.717, 1.165) is 22.3 Å². The summed E-state index contributed by atoms with van der Waals surface area (Å²) in [5, 5.41) is 33.4. The van der Waals surface area contributed by atoms with E-state index in [1.165, 1.54) is 6.92 Å². The van der Waals surface area contributed by atoms with E-state index >= 15 is 8.78 Å². The van der Waals surface area contributed by atoms with Crippen LogP contribution in [0.15, 0.2) is 35.4 Å². The fourth-order valence-electron chi connectivity index (χ4n) is 8.74. The van der Waals surface area contributed by atoms with E-state index in [0.29, 0.717) is 51.9 Å². The van der Waals surface area contributed by atoms with Gasteiger partial charge in [-0.25, -0.2) is 0 Å². The zero-order chi connectivity index (χ0) is 37.8. The van der Waals surface area contributed by atoms with Gasteiger partial charge < -0.3 is 24.5 Å². The second-order valence-corrected chi connectivity index (χ2v) is 22.8. The summed E-state index contributed by atoms with van der Waals surface area (Å²) in [6, 6.07) is 7.69. The minimum absolute atomic E-state index is 0.0204. The molecule has 2 saturated carbocycles. The van der Waals surface area contributed by atoms with Crippen molar-refractivity contribution in [3.8, 4) is 0 Å². The second kappa shape index (κ2) is 14.1. The molecule has 0 aliphatic heterocycles. The molecule has 11 heteroatoms. The smallest absolute Gasteiger partial charge is 0.413 e. The molecule has 1 aromatic rings. The van der Waals surface area contributed by atoms with E-state index in [1.54, 1.807) is 0 Å². The van der Waals surface area contributed by atoms with Crippen molar-refractivity contribution in [1.82, 2.24) is 0 Å². The number of halogens is 5. The molecule has 6 atom stereocenters. The van der Waals surface area contributed by atoms with E-state index in [9.17, 15) is 28.5 Å². The zero-order valence-corrected chi connectivity index (χ0v) is 32.6. The van der Waals surface area contributed by atoms with Gasteiger partial charge in [0, 0.05) is 23.4 Å². The number of allylic oxidation sites excluding steroid dienone is 1. The number of hydrogen-bond acceptors (Lipinski definition) is 5. The summed E-state index contributed by atoms with van der Waals surface area (Å²) >= 11 is 0. The fourth-order valence-corrected chi connectivity index (χ4v) is 9.70. The number of alkyl halides is 5. The van der Waals surface area contributed by atoms with Crippen molar-refractivity contribution in [1.29, 1.82) is 0 Å². The molecule has 2 fully saturated rings. The standard InChI is InChI=1S/C39H61F5O5Si/c1-10-36(46)19-17-28-30-18-20-37(47,38(40,41)39(42,43)44)35(30,7)22-29(32(28)31(36)12-11-21-48-25-34(5,6)24-45)27-15-13-26(14-16-27)23-49-50(8,9)33(2,3)4/h13-16,28-30,45-47H,10-12,17-25H2,1-9H3/t28?,29-,30?,35?,36+,37?/m1/s1. The third-order valence-corrected chi connectivity index (χ3v) is 17.6. The number of benzene rings is 1. The Balaban J connectivity index is 1.79. The number of fused-ring (bicyclic) bond motifs is 3. The number of hydrogen-bond donors (Lipinski definition) is 3. The van der Waals surface area contributed by atoms with Gasteiger partial charge >= 0.3 is 12.1 Å². The monoisotopic (exact) mass is 732 g/mol. The summed E-state index contributed by atoms with van der Waals surface area (Å²) < 4.78 is 85.2. The van der Waals surface area contributed by atoms with Crippen LogP contribution in [0.5, 0.6) is 0 Å². The molecule has 0 bridgehead atoms. The van der Waals surface area contributed by atoms with Crippen molar-refractivity contribution in [2.75, 3.05) is 19.8 Å². The van der Waals surface area contributed by atoms with Crippen LogP contribution in [0.2, 0.25) is 18.1 Å². The highest BCUT2D eigenvalue weighted by Crippen LogP contribution is 2.70. The van der Waals surface area contributed by atoms with Gasteiger partial charge in [-0.15, -0.1) is 0 Å². The highest BCUT2D eigenvalue weighted by atomic mass is 28.4. The lowest BCUT2D eigenvalue weighted by Crippen LogP contribution is -2.65. The molecule has 1 aromatic carbocycles. The molecule has 3 N–H and O–H groups in total. The summed E-state index contributed by atoms with van der Waals surface area (Å²) in [5.74, 6) is -6.84. The number of rotatable bonds is 13. The average molecular weight is 733 g/mol. The van der Waals surface area contributed by atoms with E-state index in [-0.39, 0.29) is 30.4 Å². The van der Waals surface area contributed by atoms with E-state index in [2.05, 4.69) is 33.9 Å². The van der Waals surface area contributed by atoms with Gasteiger partial charge in [0.05, 0.1) is 25.4 Å². The van der Waals surface area contributed by atoms with E-state index in [1.807, 2.05) is 45.0 Å². The summed E-state index contributed by atoms with van der Waals surface area (Å²) in [7, 11) is -2.04. The SMILES string of the molecule is CC[C@]1(O)CCC2C(=C1CCCOCC(C)(C)CO)[C@@H](c1ccc(CO[Si](C)(C)C(C)(C)C)cc1)CC1(C)C2CCC1(O)C(F)(F)C(F)(F)F. The molecule has 3 aliphatic carbocycles. The van der Waals surface area contributed by atoms with Crippen LogP contribution >= 0.6 is 0 Å². The first-order valence-corrected chi connectivity index (χ1v) is 21.3. The lowest BCUT2D eigenvalue weighted by molar-refractivity contribution is -0.362. The Morgan fingerprint density at radius 1 is 0.940 bits per heavy atom. The summed E-state index contributed by atoms with van der Waals surface area (Å²) in [4.78, 5) is 0. The molecule has 0 radical (unpaired) electrons. The first-order chi connectivity index (χ1) is 22.8. The molecule has 5 nitrogen and oxygen atoms in total. The van der Waals surface area contributed by atoms with Gasteiger partial charge in [-0.2, -0.15) is 22.0 Å². The Bertz CT molecular complexity index is 1370. The molecule has 3 aliphatic rings. The van der Waals surface area contributed by atoms with Gasteiger partial charge in [-0.05, 0) is 98.0 Å². The largest absolute Gasteiger partial charge is 0.456 e. The van der Waals surface area contributed by atoms with Crippen molar-refractivity contribution in [2.45, 2.75) is 154 Å². The molecule has 0 saturated heterocycles. The number of aliphatic hydroxyl groups is 3. The van der Waals surface area contributed by atoms with Crippen LogP contribution in [0.1, 0.15) is 117 Å². The third kappa shape index (κ3) is 7.39. The summed E-state index contributed by atoms with van der Waals surface area (Å²) in [6.45, 7) is 19.1. The van der Waals surface area contributed by atoms with Crippen LogP contribution in [0.4, 0.5) is 22.0 Å². The number of ether oxygens (including phenoxy) is 1. The highest BCUT2D eigenvalue weighted by molar-refractivity contribution is 6.74. The van der Waals surface area contributed by atoms with Gasteiger partial charge in [0.2, 0.25) is 0 Å². The van der Waals surface area contributed by atoms with Gasteiger partial charge in [-0.3, -0.25) is 0 Å². The van der Waals surface area contributed by atoms with Gasteiger partial charge in [0.1, 0.15) is 5.60 Å². The van der Waals surface area contributed by atoms with Crippen molar-refractivity contribution >= 4 is 8.32 Å². The fraction of sp³-hybridized carbons (Fsp3) is 0.795. The van der Waals surface area contributed by atoms with Gasteiger partial charge in [0.15, 0.2) is 8.32 Å². The topological polar surface area (TPSA) is 79.2 Å². The lowest BCUT2D eigenvalue weighted by Gasteiger charge is -2.57. The maximum Gasteiger partial charge on any atom is 0.456 e. The van der Waals surface area contributed by atoms with Crippen LogP contribution in [0, 0.1) is 22.7 Å². The van der Waals surface area contributed by atoms with Crippen molar-refractivity contribution in [2.24, 2.45) is 22.7 Å². The molecule has 286 valence electrons. The first kappa shape index (κ1) is 41.4.